The molecule has 0 spiro atoms. The lowest BCUT2D eigenvalue weighted by molar-refractivity contribution is -0.138. The van der Waals surface area contributed by atoms with Crippen molar-refractivity contribution in [3.63, 3.8) is 0 Å². The first kappa shape index (κ1) is 14.9. The topological polar surface area (TPSA) is 91.3 Å². The summed E-state index contributed by atoms with van der Waals surface area (Å²) in [7, 11) is 0. The molecule has 6 heteroatoms. The van der Waals surface area contributed by atoms with Gasteiger partial charge in [-0.05, 0) is 32.4 Å². The molecule has 0 unspecified atom stereocenters. The van der Waals surface area contributed by atoms with E-state index in [9.17, 15) is 9.59 Å². The third-order valence-corrected chi connectivity index (χ3v) is 2.47. The molecule has 1 aromatic rings. The quantitative estimate of drug-likeness (QED) is 0.751. The van der Waals surface area contributed by atoms with Crippen molar-refractivity contribution in [3.8, 4) is 0 Å². The number of nitrogens with one attached hydrogen (secondary N) is 2. The van der Waals surface area contributed by atoms with Gasteiger partial charge in [-0.3, -0.25) is 9.78 Å². The lowest BCUT2D eigenvalue weighted by Gasteiger charge is -2.24. The molecule has 2 amide bonds. The summed E-state index contributed by atoms with van der Waals surface area (Å²) in [5.74, 6) is -0.951. The molecule has 0 saturated carbocycles. The minimum absolute atomic E-state index is 0.132. The van der Waals surface area contributed by atoms with Crippen molar-refractivity contribution in [2.24, 2.45) is 0 Å². The number of carbonyl (C=O) groups excluding carboxylic acids is 1. The fraction of sp³-hybridized carbons (Fsp3) is 0.462. The molecular weight excluding hydrogens is 246 g/mol. The lowest BCUT2D eigenvalue weighted by atomic mass is 10.0. The number of hydrogen-bond donors (Lipinski definition) is 3. The zero-order valence-electron chi connectivity index (χ0n) is 11.4. The molecule has 3 N–H and O–H groups in total. The zero-order valence-corrected chi connectivity index (χ0v) is 11.4. The Morgan fingerprint density at radius 3 is 2.58 bits per heavy atom. The van der Waals surface area contributed by atoms with Gasteiger partial charge in [0.2, 0.25) is 0 Å². The molecule has 0 fully saturated rings. The van der Waals surface area contributed by atoms with Gasteiger partial charge in [0.05, 0.1) is 6.42 Å². The van der Waals surface area contributed by atoms with E-state index in [-0.39, 0.29) is 6.42 Å². The van der Waals surface area contributed by atoms with E-state index in [2.05, 4.69) is 15.6 Å². The predicted molar refractivity (Wildman–Crippen MR) is 70.7 cm³/mol. The van der Waals surface area contributed by atoms with Crippen LogP contribution in [0.15, 0.2) is 18.3 Å². The first-order valence-corrected chi connectivity index (χ1v) is 5.98. The molecule has 0 atom stereocenters. The third-order valence-electron chi connectivity index (χ3n) is 2.47. The minimum atomic E-state index is -0.951. The standard InChI is InChI=1S/C13H19N3O3/c1-9-4-5-10(7-14-9)8-15-12(19)16-13(2,3)6-11(17)18/h4-5,7H,6,8H2,1-3H3,(H,17,18)(H2,15,16,19). The molecule has 1 heterocycles. The third kappa shape index (κ3) is 5.85. The Balaban J connectivity index is 2.43. The van der Waals surface area contributed by atoms with E-state index in [0.717, 1.165) is 11.3 Å². The Bertz CT molecular complexity index is 455. The monoisotopic (exact) mass is 265 g/mol. The van der Waals surface area contributed by atoms with Gasteiger partial charge < -0.3 is 15.7 Å². The molecule has 19 heavy (non-hydrogen) atoms. The van der Waals surface area contributed by atoms with Gasteiger partial charge in [0.1, 0.15) is 0 Å². The van der Waals surface area contributed by atoms with Crippen LogP contribution >= 0.6 is 0 Å². The number of aromatic nitrogens is 1. The van der Waals surface area contributed by atoms with Crippen LogP contribution in [-0.4, -0.2) is 27.6 Å². The number of aryl methyl sites for hydroxylation is 1. The van der Waals surface area contributed by atoms with Crippen LogP contribution in [-0.2, 0) is 11.3 Å². The molecule has 0 aliphatic heterocycles. The fourth-order valence-corrected chi connectivity index (χ4v) is 1.56. The summed E-state index contributed by atoms with van der Waals surface area (Å²) in [6.07, 6.45) is 1.56. The number of amides is 2. The average molecular weight is 265 g/mol. The van der Waals surface area contributed by atoms with E-state index >= 15 is 0 Å². The Hall–Kier alpha value is -2.11. The van der Waals surface area contributed by atoms with E-state index in [1.54, 1.807) is 20.0 Å². The molecule has 1 aromatic heterocycles. The van der Waals surface area contributed by atoms with Crippen LogP contribution < -0.4 is 10.6 Å². The van der Waals surface area contributed by atoms with Crippen molar-refractivity contribution in [1.82, 2.24) is 15.6 Å². The number of carboxylic acids is 1. The molecule has 0 saturated heterocycles. The van der Waals surface area contributed by atoms with Crippen molar-refractivity contribution in [1.29, 1.82) is 0 Å². The van der Waals surface area contributed by atoms with Gasteiger partial charge in [-0.15, -0.1) is 0 Å². The molecular formula is C13H19N3O3. The summed E-state index contributed by atoms with van der Waals surface area (Å²) >= 11 is 0. The van der Waals surface area contributed by atoms with Crippen LogP contribution in [0, 0.1) is 6.92 Å². The van der Waals surface area contributed by atoms with E-state index in [1.807, 2.05) is 19.1 Å². The molecule has 1 rings (SSSR count). The molecule has 0 radical (unpaired) electrons. The Morgan fingerprint density at radius 2 is 2.05 bits per heavy atom. The first-order valence-electron chi connectivity index (χ1n) is 5.98. The van der Waals surface area contributed by atoms with Gasteiger partial charge in [0, 0.05) is 24.0 Å². The largest absolute Gasteiger partial charge is 0.481 e. The van der Waals surface area contributed by atoms with Crippen molar-refractivity contribution >= 4 is 12.0 Å². The van der Waals surface area contributed by atoms with Gasteiger partial charge in [0.15, 0.2) is 0 Å². The smallest absolute Gasteiger partial charge is 0.315 e. The molecule has 0 bridgehead atoms. The second-order valence-corrected chi connectivity index (χ2v) is 5.07. The number of urea groups is 1. The van der Waals surface area contributed by atoms with Gasteiger partial charge >= 0.3 is 12.0 Å². The summed E-state index contributed by atoms with van der Waals surface area (Å²) in [5.41, 5.74) is 1.01. The number of carboxylic acid groups (broad SMARTS) is 1. The number of aliphatic carboxylic acids is 1. The highest BCUT2D eigenvalue weighted by Crippen LogP contribution is 2.07. The number of carbonyl (C=O) groups is 2. The van der Waals surface area contributed by atoms with Gasteiger partial charge in [0.25, 0.3) is 0 Å². The van der Waals surface area contributed by atoms with Gasteiger partial charge in [-0.2, -0.15) is 0 Å². The number of rotatable bonds is 5. The van der Waals surface area contributed by atoms with Crippen LogP contribution in [0.25, 0.3) is 0 Å². The number of pyridine rings is 1. The van der Waals surface area contributed by atoms with E-state index < -0.39 is 17.5 Å². The highest BCUT2D eigenvalue weighted by atomic mass is 16.4. The summed E-state index contributed by atoms with van der Waals surface area (Å²) in [6, 6.07) is 3.35. The van der Waals surface area contributed by atoms with E-state index in [4.69, 9.17) is 5.11 Å². The predicted octanol–water partition coefficient (Wildman–Crippen LogP) is 1.44. The molecule has 0 aliphatic carbocycles. The van der Waals surface area contributed by atoms with Crippen molar-refractivity contribution < 1.29 is 14.7 Å². The SMILES string of the molecule is Cc1ccc(CNC(=O)NC(C)(C)CC(=O)O)cn1. The summed E-state index contributed by atoms with van der Waals surface area (Å²) in [4.78, 5) is 26.4. The molecule has 104 valence electrons. The maximum absolute atomic E-state index is 11.6. The van der Waals surface area contributed by atoms with Gasteiger partial charge in [-0.1, -0.05) is 6.07 Å². The highest BCUT2D eigenvalue weighted by Gasteiger charge is 2.23. The van der Waals surface area contributed by atoms with E-state index in [1.165, 1.54) is 0 Å². The maximum atomic E-state index is 11.6. The van der Waals surface area contributed by atoms with Crippen LogP contribution in [0.1, 0.15) is 31.5 Å². The van der Waals surface area contributed by atoms with Crippen LogP contribution in [0.4, 0.5) is 4.79 Å². The zero-order chi connectivity index (χ0) is 14.5. The number of nitrogens with zero attached hydrogens (tertiary/aromatic N) is 1. The molecule has 0 aromatic carbocycles. The second kappa shape index (κ2) is 6.17. The summed E-state index contributed by atoms with van der Waals surface area (Å²) < 4.78 is 0. The first-order chi connectivity index (χ1) is 8.78. The Kier molecular flexibility index (Phi) is 4.86. The lowest BCUT2D eigenvalue weighted by Crippen LogP contribution is -2.49. The Labute approximate surface area is 112 Å². The van der Waals surface area contributed by atoms with Crippen LogP contribution in [0.5, 0.6) is 0 Å². The minimum Gasteiger partial charge on any atom is -0.481 e. The number of hydrogen-bond acceptors (Lipinski definition) is 3. The fourth-order valence-electron chi connectivity index (χ4n) is 1.56. The van der Waals surface area contributed by atoms with Crippen LogP contribution in [0.3, 0.4) is 0 Å². The maximum Gasteiger partial charge on any atom is 0.315 e. The van der Waals surface area contributed by atoms with Crippen molar-refractivity contribution in [2.45, 2.75) is 39.3 Å². The Morgan fingerprint density at radius 1 is 1.37 bits per heavy atom. The van der Waals surface area contributed by atoms with Crippen molar-refractivity contribution in [2.75, 3.05) is 0 Å². The average Bonchev–Trinajstić information content (AvgIpc) is 2.25. The summed E-state index contributed by atoms with van der Waals surface area (Å²) in [5, 5.41) is 14.0. The van der Waals surface area contributed by atoms with Crippen molar-refractivity contribution in [3.05, 3.63) is 29.6 Å². The molecule has 0 aliphatic rings. The summed E-state index contributed by atoms with van der Waals surface area (Å²) in [6.45, 7) is 5.56. The second-order valence-electron chi connectivity index (χ2n) is 5.07. The van der Waals surface area contributed by atoms with E-state index in [0.29, 0.717) is 6.54 Å². The molecule has 6 nitrogen and oxygen atoms in total. The normalized spacial score (nSPS) is 10.9. The van der Waals surface area contributed by atoms with Gasteiger partial charge in [-0.25, -0.2) is 4.79 Å². The highest BCUT2D eigenvalue weighted by molar-refractivity contribution is 5.76. The van der Waals surface area contributed by atoms with Crippen LogP contribution in [0.2, 0.25) is 0 Å².